The second-order valence-electron chi connectivity index (χ2n) is 3.91. The van der Waals surface area contributed by atoms with Crippen LogP contribution >= 0.6 is 0 Å². The molecular formula is C11H11FN2O5S. The number of rotatable bonds is 1. The van der Waals surface area contributed by atoms with Gasteiger partial charge in [0.2, 0.25) is 0 Å². The van der Waals surface area contributed by atoms with Crippen molar-refractivity contribution in [3.05, 3.63) is 46.4 Å². The highest BCUT2D eigenvalue weighted by molar-refractivity contribution is 7.84. The van der Waals surface area contributed by atoms with Crippen LogP contribution in [0.4, 0.5) is 10.1 Å². The standard InChI is InChI=1S/C10H8FN2O2.CH4O3S/c1-12-6-2-3-7-9(13(14)15)5-4-8(11)10(7)12;1-5(2,3)4/h2-6H,1H3;1H3,(H,2,3,4)/q+1;/p-1. The molecular weight excluding hydrogens is 291 g/mol. The molecule has 0 atom stereocenters. The molecule has 1 aromatic heterocycles. The summed E-state index contributed by atoms with van der Waals surface area (Å²) in [7, 11) is -2.27. The van der Waals surface area contributed by atoms with Crippen LogP contribution in [0.15, 0.2) is 30.5 Å². The number of halogens is 1. The molecule has 2 aromatic rings. The Labute approximate surface area is 114 Å². The predicted molar refractivity (Wildman–Crippen MR) is 67.4 cm³/mol. The molecule has 0 N–H and O–H groups in total. The fourth-order valence-corrected chi connectivity index (χ4v) is 1.60. The highest BCUT2D eigenvalue weighted by atomic mass is 32.2. The number of aryl methyl sites for hydroxylation is 1. The highest BCUT2D eigenvalue weighted by Crippen LogP contribution is 2.24. The summed E-state index contributed by atoms with van der Waals surface area (Å²) in [5.74, 6) is -0.460. The molecule has 0 fully saturated rings. The van der Waals surface area contributed by atoms with Crippen LogP contribution in [-0.4, -0.2) is 24.1 Å². The van der Waals surface area contributed by atoms with E-state index in [-0.39, 0.29) is 11.2 Å². The summed E-state index contributed by atoms with van der Waals surface area (Å²) in [4.78, 5) is 10.2. The third-order valence-electron chi connectivity index (χ3n) is 2.27. The average Bonchev–Trinajstić information content (AvgIpc) is 2.26. The van der Waals surface area contributed by atoms with E-state index in [1.165, 1.54) is 16.7 Å². The molecule has 0 saturated carbocycles. The fourth-order valence-electron chi connectivity index (χ4n) is 1.60. The molecule has 0 unspecified atom stereocenters. The number of nitro groups is 1. The number of nitro benzene ring substituents is 1. The summed E-state index contributed by atoms with van der Waals surface area (Å²) in [5, 5.41) is 11.0. The van der Waals surface area contributed by atoms with E-state index in [0.29, 0.717) is 11.6 Å². The molecule has 0 aliphatic carbocycles. The van der Waals surface area contributed by atoms with E-state index in [1.807, 2.05) is 0 Å². The van der Waals surface area contributed by atoms with Gasteiger partial charge in [-0.05, 0) is 12.1 Å². The molecule has 0 saturated heterocycles. The van der Waals surface area contributed by atoms with Gasteiger partial charge in [0.1, 0.15) is 12.4 Å². The lowest BCUT2D eigenvalue weighted by molar-refractivity contribution is -0.645. The number of fused-ring (bicyclic) bond motifs is 1. The zero-order chi connectivity index (χ0) is 15.5. The summed E-state index contributed by atoms with van der Waals surface area (Å²) in [5.41, 5.74) is 0.161. The van der Waals surface area contributed by atoms with Gasteiger partial charge in [0.25, 0.3) is 11.2 Å². The van der Waals surface area contributed by atoms with E-state index in [0.717, 1.165) is 6.07 Å². The number of pyridine rings is 1. The minimum absolute atomic E-state index is 0.0809. The quantitative estimate of drug-likeness (QED) is 0.336. The maximum absolute atomic E-state index is 13.4. The second kappa shape index (κ2) is 5.88. The van der Waals surface area contributed by atoms with Crippen LogP contribution in [0.1, 0.15) is 0 Å². The van der Waals surface area contributed by atoms with E-state index < -0.39 is 20.9 Å². The molecule has 2 rings (SSSR count). The van der Waals surface area contributed by atoms with Gasteiger partial charge in [-0.15, -0.1) is 0 Å². The van der Waals surface area contributed by atoms with Gasteiger partial charge in [-0.25, -0.2) is 8.42 Å². The van der Waals surface area contributed by atoms with Crippen molar-refractivity contribution < 1.29 is 26.9 Å². The summed E-state index contributed by atoms with van der Waals surface area (Å²) in [6.45, 7) is 0. The lowest BCUT2D eigenvalue weighted by atomic mass is 10.1. The van der Waals surface area contributed by atoms with Gasteiger partial charge in [0.15, 0.2) is 12.0 Å². The van der Waals surface area contributed by atoms with Gasteiger partial charge in [0.05, 0.1) is 15.0 Å². The van der Waals surface area contributed by atoms with Gasteiger partial charge in [0, 0.05) is 18.4 Å². The van der Waals surface area contributed by atoms with Crippen molar-refractivity contribution in [3.63, 3.8) is 0 Å². The minimum atomic E-state index is -3.92. The molecule has 108 valence electrons. The van der Waals surface area contributed by atoms with Crippen LogP contribution in [0, 0.1) is 15.9 Å². The van der Waals surface area contributed by atoms with E-state index in [9.17, 15) is 14.5 Å². The zero-order valence-corrected chi connectivity index (χ0v) is 11.4. The molecule has 0 spiro atoms. The van der Waals surface area contributed by atoms with Crippen molar-refractivity contribution >= 4 is 26.7 Å². The molecule has 9 heteroatoms. The first-order valence-electron chi connectivity index (χ1n) is 5.23. The molecule has 0 amide bonds. The van der Waals surface area contributed by atoms with Crippen molar-refractivity contribution in [2.45, 2.75) is 0 Å². The topological polar surface area (TPSA) is 104 Å². The third kappa shape index (κ3) is 4.21. The number of hydrogen-bond donors (Lipinski definition) is 0. The SMILES string of the molecule is CS(=O)(=O)[O-].C[n+]1cccc2c([N+](=O)[O-])ccc(F)c21. The van der Waals surface area contributed by atoms with Gasteiger partial charge in [-0.2, -0.15) is 8.96 Å². The Morgan fingerprint density at radius 1 is 1.30 bits per heavy atom. The summed E-state index contributed by atoms with van der Waals surface area (Å²) in [6.07, 6.45) is 2.25. The molecule has 0 radical (unpaired) electrons. The normalized spacial score (nSPS) is 10.8. The van der Waals surface area contributed by atoms with E-state index in [1.54, 1.807) is 19.3 Å². The number of aromatic nitrogens is 1. The first-order valence-corrected chi connectivity index (χ1v) is 7.05. The van der Waals surface area contributed by atoms with Gasteiger partial charge in [-0.1, -0.05) is 0 Å². The Bertz CT molecular complexity index is 744. The van der Waals surface area contributed by atoms with E-state index in [4.69, 9.17) is 13.0 Å². The van der Waals surface area contributed by atoms with Gasteiger partial charge >= 0.3 is 0 Å². The van der Waals surface area contributed by atoms with Gasteiger partial charge in [-0.3, -0.25) is 10.1 Å². The fraction of sp³-hybridized carbons (Fsp3) is 0.182. The molecule has 1 aromatic carbocycles. The number of non-ortho nitro benzene ring substituents is 1. The number of nitrogens with zero attached hydrogens (tertiary/aromatic N) is 2. The Morgan fingerprint density at radius 2 is 1.85 bits per heavy atom. The highest BCUT2D eigenvalue weighted by Gasteiger charge is 2.20. The smallest absolute Gasteiger partial charge is 0.283 e. The van der Waals surface area contributed by atoms with Crippen LogP contribution in [0.25, 0.3) is 10.9 Å². The monoisotopic (exact) mass is 302 g/mol. The van der Waals surface area contributed by atoms with Crippen molar-refractivity contribution in [1.29, 1.82) is 0 Å². The number of hydrogen-bond acceptors (Lipinski definition) is 5. The van der Waals surface area contributed by atoms with Crippen LogP contribution in [0.3, 0.4) is 0 Å². The maximum atomic E-state index is 13.4. The molecule has 1 heterocycles. The van der Waals surface area contributed by atoms with Crippen LogP contribution in [0.5, 0.6) is 0 Å². The first-order chi connectivity index (χ1) is 9.11. The Kier molecular flexibility index (Phi) is 4.69. The molecule has 0 aliphatic rings. The first kappa shape index (κ1) is 15.9. The summed E-state index contributed by atoms with van der Waals surface area (Å²) >= 11 is 0. The third-order valence-corrected chi connectivity index (χ3v) is 2.27. The van der Waals surface area contributed by atoms with E-state index >= 15 is 0 Å². The lowest BCUT2D eigenvalue weighted by Crippen LogP contribution is -2.29. The van der Waals surface area contributed by atoms with Crippen LogP contribution in [0.2, 0.25) is 0 Å². The summed E-state index contributed by atoms with van der Waals surface area (Å²) in [6, 6.07) is 5.48. The molecule has 20 heavy (non-hydrogen) atoms. The zero-order valence-electron chi connectivity index (χ0n) is 10.6. The molecule has 0 aliphatic heterocycles. The minimum Gasteiger partial charge on any atom is -0.748 e. The average molecular weight is 302 g/mol. The predicted octanol–water partition coefficient (Wildman–Crippen LogP) is 0.873. The van der Waals surface area contributed by atoms with Crippen LogP contribution < -0.4 is 4.57 Å². The van der Waals surface area contributed by atoms with Crippen molar-refractivity contribution in [2.75, 3.05) is 6.26 Å². The van der Waals surface area contributed by atoms with Crippen molar-refractivity contribution in [2.24, 2.45) is 7.05 Å². The van der Waals surface area contributed by atoms with Gasteiger partial charge < -0.3 is 4.55 Å². The molecule has 7 nitrogen and oxygen atoms in total. The van der Waals surface area contributed by atoms with Crippen molar-refractivity contribution in [1.82, 2.24) is 0 Å². The van der Waals surface area contributed by atoms with Crippen LogP contribution in [-0.2, 0) is 17.2 Å². The second-order valence-corrected chi connectivity index (χ2v) is 5.32. The molecule has 0 bridgehead atoms. The summed E-state index contributed by atoms with van der Waals surface area (Å²) < 4.78 is 42.2. The van der Waals surface area contributed by atoms with Crippen molar-refractivity contribution in [3.8, 4) is 0 Å². The largest absolute Gasteiger partial charge is 0.748 e. The maximum Gasteiger partial charge on any atom is 0.283 e. The number of benzene rings is 1. The Balaban J connectivity index is 0.000000347. The van der Waals surface area contributed by atoms with E-state index in [2.05, 4.69) is 0 Å². The lowest BCUT2D eigenvalue weighted by Gasteiger charge is -1.98. The Morgan fingerprint density at radius 3 is 2.35 bits per heavy atom. The Hall–Kier alpha value is -2.13.